The van der Waals surface area contributed by atoms with Gasteiger partial charge in [-0.15, -0.1) is 11.3 Å². The molecule has 0 atom stereocenters. The van der Waals surface area contributed by atoms with Crippen LogP contribution >= 0.6 is 11.3 Å². The molecule has 18 heavy (non-hydrogen) atoms. The molecule has 0 amide bonds. The fraction of sp³-hybridized carbons (Fsp3) is 0.0833. The zero-order valence-electron chi connectivity index (χ0n) is 9.41. The summed E-state index contributed by atoms with van der Waals surface area (Å²) in [5.41, 5.74) is 10.0. The molecule has 6 heteroatoms. The summed E-state index contributed by atoms with van der Waals surface area (Å²) in [6.07, 6.45) is 0.532. The fourth-order valence-electron chi connectivity index (χ4n) is 1.61. The summed E-state index contributed by atoms with van der Waals surface area (Å²) in [6.45, 7) is 0. The van der Waals surface area contributed by atoms with Crippen LogP contribution in [0.3, 0.4) is 0 Å². The summed E-state index contributed by atoms with van der Waals surface area (Å²) in [5, 5.41) is 5.78. The molecular formula is C12H10N4OS. The van der Waals surface area contributed by atoms with E-state index in [0.717, 1.165) is 16.9 Å². The summed E-state index contributed by atoms with van der Waals surface area (Å²) in [6, 6.07) is 7.63. The highest BCUT2D eigenvalue weighted by molar-refractivity contribution is 7.07. The molecule has 0 fully saturated rings. The molecule has 0 unspecified atom stereocenters. The van der Waals surface area contributed by atoms with Crippen molar-refractivity contribution in [3.8, 4) is 11.5 Å². The van der Waals surface area contributed by atoms with Gasteiger partial charge in [-0.05, 0) is 11.6 Å². The number of thiazole rings is 1. The molecule has 0 spiro atoms. The maximum atomic E-state index is 5.87. The summed E-state index contributed by atoms with van der Waals surface area (Å²) in [5.74, 6) is 1.05. The van der Waals surface area contributed by atoms with E-state index in [4.69, 9.17) is 10.3 Å². The van der Waals surface area contributed by atoms with E-state index in [1.807, 2.05) is 29.6 Å². The van der Waals surface area contributed by atoms with E-state index in [9.17, 15) is 0 Å². The molecule has 1 aromatic carbocycles. The van der Waals surface area contributed by atoms with Crippen LogP contribution in [0.5, 0.6) is 0 Å². The zero-order valence-corrected chi connectivity index (χ0v) is 10.2. The summed E-state index contributed by atoms with van der Waals surface area (Å²) in [4.78, 5) is 8.43. The highest BCUT2D eigenvalue weighted by Crippen LogP contribution is 2.18. The number of hydrogen-bond donors (Lipinski definition) is 1. The number of benzene rings is 1. The Balaban J connectivity index is 1.85. The predicted octanol–water partition coefficient (Wildman–Crippen LogP) is 2.37. The minimum atomic E-state index is 0.515. The largest absolute Gasteiger partial charge is 0.398 e. The number of hydrogen-bond acceptors (Lipinski definition) is 6. The average molecular weight is 258 g/mol. The normalized spacial score (nSPS) is 10.7. The van der Waals surface area contributed by atoms with Crippen molar-refractivity contribution in [2.45, 2.75) is 6.42 Å². The van der Waals surface area contributed by atoms with Crippen molar-refractivity contribution in [1.29, 1.82) is 0 Å². The quantitative estimate of drug-likeness (QED) is 0.730. The van der Waals surface area contributed by atoms with Gasteiger partial charge in [-0.2, -0.15) is 4.98 Å². The van der Waals surface area contributed by atoms with Gasteiger partial charge < -0.3 is 10.3 Å². The van der Waals surface area contributed by atoms with Crippen LogP contribution in [-0.4, -0.2) is 15.1 Å². The molecule has 90 valence electrons. The Morgan fingerprint density at radius 1 is 1.28 bits per heavy atom. The highest BCUT2D eigenvalue weighted by atomic mass is 32.1. The molecule has 5 nitrogen and oxygen atoms in total. The van der Waals surface area contributed by atoms with Crippen LogP contribution in [0, 0.1) is 0 Å². The first-order valence-electron chi connectivity index (χ1n) is 5.37. The van der Waals surface area contributed by atoms with E-state index in [2.05, 4.69) is 15.1 Å². The molecule has 2 N–H and O–H groups in total. The van der Waals surface area contributed by atoms with E-state index >= 15 is 0 Å². The molecule has 0 aliphatic heterocycles. The number of rotatable bonds is 3. The summed E-state index contributed by atoms with van der Waals surface area (Å²) < 4.78 is 5.20. The van der Waals surface area contributed by atoms with E-state index in [-0.39, 0.29) is 0 Å². The van der Waals surface area contributed by atoms with Crippen molar-refractivity contribution in [3.05, 3.63) is 46.6 Å². The van der Waals surface area contributed by atoms with Gasteiger partial charge in [-0.1, -0.05) is 23.4 Å². The lowest BCUT2D eigenvalue weighted by Gasteiger charge is -2.00. The molecule has 0 aliphatic carbocycles. The molecule has 0 bridgehead atoms. The number of nitrogens with zero attached hydrogens (tertiary/aromatic N) is 3. The van der Waals surface area contributed by atoms with Crippen LogP contribution in [0.15, 0.2) is 39.7 Å². The van der Waals surface area contributed by atoms with Crippen molar-refractivity contribution in [3.63, 3.8) is 0 Å². The Labute approximate surface area is 107 Å². The van der Waals surface area contributed by atoms with E-state index < -0.39 is 0 Å². The minimum absolute atomic E-state index is 0.515. The fourth-order valence-corrected chi connectivity index (χ4v) is 2.14. The lowest BCUT2D eigenvalue weighted by Crippen LogP contribution is -1.95. The van der Waals surface area contributed by atoms with E-state index in [1.165, 1.54) is 11.3 Å². The molecule has 3 rings (SSSR count). The Morgan fingerprint density at radius 2 is 2.17 bits per heavy atom. The summed E-state index contributed by atoms with van der Waals surface area (Å²) >= 11 is 1.50. The van der Waals surface area contributed by atoms with Gasteiger partial charge in [0.25, 0.3) is 0 Å². The van der Waals surface area contributed by atoms with Crippen LogP contribution in [-0.2, 0) is 6.42 Å². The second-order valence-corrected chi connectivity index (χ2v) is 4.48. The highest BCUT2D eigenvalue weighted by Gasteiger charge is 2.11. The molecule has 2 heterocycles. The Hall–Kier alpha value is -2.21. The van der Waals surface area contributed by atoms with Gasteiger partial charge in [0, 0.05) is 11.1 Å². The number of para-hydroxylation sites is 1. The molecule has 0 aliphatic rings. The third-order valence-electron chi connectivity index (χ3n) is 2.53. The number of nitrogens with two attached hydrogens (primary N) is 1. The average Bonchev–Trinajstić information content (AvgIpc) is 3.02. The molecule has 0 radical (unpaired) electrons. The lowest BCUT2D eigenvalue weighted by atomic mass is 10.1. The maximum Gasteiger partial charge on any atom is 0.231 e. The number of anilines is 1. The monoisotopic (exact) mass is 258 g/mol. The topological polar surface area (TPSA) is 77.8 Å². The van der Waals surface area contributed by atoms with Gasteiger partial charge in [-0.3, -0.25) is 0 Å². The van der Waals surface area contributed by atoms with Crippen LogP contribution < -0.4 is 5.73 Å². The first-order valence-corrected chi connectivity index (χ1v) is 6.32. The van der Waals surface area contributed by atoms with Gasteiger partial charge in [0.05, 0.1) is 11.9 Å². The van der Waals surface area contributed by atoms with Crippen molar-refractivity contribution < 1.29 is 4.52 Å². The third-order valence-corrected chi connectivity index (χ3v) is 3.11. The minimum Gasteiger partial charge on any atom is -0.398 e. The first kappa shape index (κ1) is 10.9. The van der Waals surface area contributed by atoms with Crippen molar-refractivity contribution in [2.24, 2.45) is 0 Å². The third kappa shape index (κ3) is 2.10. The van der Waals surface area contributed by atoms with Crippen molar-refractivity contribution in [1.82, 2.24) is 15.1 Å². The Bertz CT molecular complexity index is 648. The van der Waals surface area contributed by atoms with Crippen molar-refractivity contribution in [2.75, 3.05) is 5.73 Å². The van der Waals surface area contributed by atoms with E-state index in [0.29, 0.717) is 18.1 Å². The SMILES string of the molecule is Nc1ccccc1Cc1nc(-c2cscn2)no1. The second kappa shape index (κ2) is 4.58. The molecule has 0 saturated carbocycles. The van der Waals surface area contributed by atoms with Gasteiger partial charge >= 0.3 is 0 Å². The molecule has 3 aromatic rings. The van der Waals surface area contributed by atoms with Gasteiger partial charge in [-0.25, -0.2) is 4.98 Å². The first-order chi connectivity index (χ1) is 8.83. The Morgan fingerprint density at radius 3 is 2.94 bits per heavy atom. The van der Waals surface area contributed by atoms with Gasteiger partial charge in [0.1, 0.15) is 5.69 Å². The van der Waals surface area contributed by atoms with Crippen LogP contribution in [0.1, 0.15) is 11.5 Å². The summed E-state index contributed by atoms with van der Waals surface area (Å²) in [7, 11) is 0. The van der Waals surface area contributed by atoms with Gasteiger partial charge in [0.15, 0.2) is 0 Å². The second-order valence-electron chi connectivity index (χ2n) is 3.76. The number of nitrogen functional groups attached to an aromatic ring is 1. The Kier molecular flexibility index (Phi) is 2.77. The molecule has 2 aromatic heterocycles. The lowest BCUT2D eigenvalue weighted by molar-refractivity contribution is 0.385. The zero-order chi connectivity index (χ0) is 12.4. The van der Waals surface area contributed by atoms with Crippen molar-refractivity contribution >= 4 is 17.0 Å². The van der Waals surface area contributed by atoms with Crippen LogP contribution in [0.25, 0.3) is 11.5 Å². The maximum absolute atomic E-state index is 5.87. The van der Waals surface area contributed by atoms with Crippen LogP contribution in [0.4, 0.5) is 5.69 Å². The smallest absolute Gasteiger partial charge is 0.231 e. The standard InChI is InChI=1S/C12H10N4OS/c13-9-4-2-1-3-8(9)5-11-15-12(16-17-11)10-6-18-7-14-10/h1-4,6-7H,5,13H2. The molecule has 0 saturated heterocycles. The van der Waals surface area contributed by atoms with E-state index in [1.54, 1.807) is 5.51 Å². The van der Waals surface area contributed by atoms with Crippen LogP contribution in [0.2, 0.25) is 0 Å². The predicted molar refractivity (Wildman–Crippen MR) is 69.1 cm³/mol. The molecular weight excluding hydrogens is 248 g/mol. The number of aromatic nitrogens is 3. The van der Waals surface area contributed by atoms with Gasteiger partial charge in [0.2, 0.25) is 11.7 Å².